The van der Waals surface area contributed by atoms with Crippen LogP contribution in [0, 0.1) is 0 Å². The molecule has 7 heteroatoms. The summed E-state index contributed by atoms with van der Waals surface area (Å²) in [5.74, 6) is 0.393. The molecular formula is C16H24ClNO5. The molecule has 1 amide bonds. The molecule has 0 aliphatic rings. The van der Waals surface area contributed by atoms with Gasteiger partial charge < -0.3 is 25.0 Å². The third-order valence-corrected chi connectivity index (χ3v) is 3.22. The Hall–Kier alpha value is -1.50. The predicted octanol–water partition coefficient (Wildman–Crippen LogP) is 2.66. The minimum Gasteiger partial charge on any atom is -0.496 e. The van der Waals surface area contributed by atoms with E-state index in [0.717, 1.165) is 0 Å². The van der Waals surface area contributed by atoms with Crippen LogP contribution in [0.1, 0.15) is 38.9 Å². The van der Waals surface area contributed by atoms with Gasteiger partial charge in [-0.25, -0.2) is 4.79 Å². The maximum absolute atomic E-state index is 11.5. The fourth-order valence-corrected chi connectivity index (χ4v) is 2.09. The van der Waals surface area contributed by atoms with E-state index in [4.69, 9.17) is 21.1 Å². The molecule has 1 rings (SSSR count). The first-order valence-corrected chi connectivity index (χ1v) is 7.68. The number of halogens is 1. The summed E-state index contributed by atoms with van der Waals surface area (Å²) in [7, 11) is 1.46. The van der Waals surface area contributed by atoms with Crippen LogP contribution >= 0.6 is 11.6 Å². The molecule has 0 aliphatic carbocycles. The Balaban J connectivity index is 2.55. The van der Waals surface area contributed by atoms with Crippen LogP contribution in [-0.4, -0.2) is 41.7 Å². The molecule has 6 nitrogen and oxygen atoms in total. The van der Waals surface area contributed by atoms with Crippen molar-refractivity contribution < 1.29 is 24.5 Å². The molecule has 0 aromatic heterocycles. The van der Waals surface area contributed by atoms with Crippen molar-refractivity contribution in [3.63, 3.8) is 0 Å². The second-order valence-corrected chi connectivity index (χ2v) is 6.55. The maximum Gasteiger partial charge on any atom is 0.407 e. The number of rotatable bonds is 6. The van der Waals surface area contributed by atoms with Crippen molar-refractivity contribution in [2.75, 3.05) is 13.7 Å². The van der Waals surface area contributed by atoms with E-state index in [1.807, 2.05) is 0 Å². The van der Waals surface area contributed by atoms with Gasteiger partial charge in [-0.2, -0.15) is 0 Å². The molecule has 130 valence electrons. The van der Waals surface area contributed by atoms with Crippen molar-refractivity contribution in [2.24, 2.45) is 0 Å². The number of carbonyl (C=O) groups excluding carboxylic acids is 1. The lowest BCUT2D eigenvalue weighted by molar-refractivity contribution is 0.0110. The molecule has 0 fully saturated rings. The van der Waals surface area contributed by atoms with Gasteiger partial charge in [0, 0.05) is 17.1 Å². The second-order valence-electron chi connectivity index (χ2n) is 6.12. The molecule has 1 aromatic rings. The smallest absolute Gasteiger partial charge is 0.407 e. The van der Waals surface area contributed by atoms with Crippen LogP contribution in [0.5, 0.6) is 5.75 Å². The Labute approximate surface area is 141 Å². The van der Waals surface area contributed by atoms with E-state index in [9.17, 15) is 15.0 Å². The molecule has 1 aromatic carbocycles. The average molecular weight is 346 g/mol. The summed E-state index contributed by atoms with van der Waals surface area (Å²) in [6.07, 6.45) is -2.63. The van der Waals surface area contributed by atoms with Crippen LogP contribution in [0.4, 0.5) is 4.79 Å². The van der Waals surface area contributed by atoms with Gasteiger partial charge in [-0.3, -0.25) is 0 Å². The molecule has 0 saturated heterocycles. The van der Waals surface area contributed by atoms with Crippen LogP contribution < -0.4 is 10.1 Å². The minimum absolute atomic E-state index is 0.159. The third-order valence-electron chi connectivity index (χ3n) is 2.99. The molecular weight excluding hydrogens is 322 g/mol. The monoisotopic (exact) mass is 345 g/mol. The van der Waals surface area contributed by atoms with Gasteiger partial charge >= 0.3 is 6.09 Å². The van der Waals surface area contributed by atoms with Crippen molar-refractivity contribution in [3.8, 4) is 5.75 Å². The largest absolute Gasteiger partial charge is 0.496 e. The number of amides is 1. The van der Waals surface area contributed by atoms with Crippen LogP contribution in [0.2, 0.25) is 5.02 Å². The highest BCUT2D eigenvalue weighted by molar-refractivity contribution is 6.30. The summed E-state index contributed by atoms with van der Waals surface area (Å²) in [5, 5.41) is 23.3. The van der Waals surface area contributed by atoms with E-state index < -0.39 is 23.9 Å². The quantitative estimate of drug-likeness (QED) is 0.737. The van der Waals surface area contributed by atoms with E-state index in [0.29, 0.717) is 16.3 Å². The molecule has 0 heterocycles. The van der Waals surface area contributed by atoms with Crippen molar-refractivity contribution in [2.45, 2.75) is 45.0 Å². The summed E-state index contributed by atoms with van der Waals surface area (Å²) in [6.45, 7) is 5.46. The highest BCUT2D eigenvalue weighted by atomic mass is 35.5. The molecule has 0 spiro atoms. The number of nitrogens with one attached hydrogen (secondary N) is 1. The first kappa shape index (κ1) is 19.5. The fourth-order valence-electron chi connectivity index (χ4n) is 1.93. The minimum atomic E-state index is -1.15. The Morgan fingerprint density at radius 2 is 2.00 bits per heavy atom. The normalized spacial score (nSPS) is 14.0. The number of ether oxygens (including phenoxy) is 2. The van der Waals surface area contributed by atoms with E-state index in [1.165, 1.54) is 7.11 Å². The van der Waals surface area contributed by atoms with Crippen LogP contribution in [0.3, 0.4) is 0 Å². The fraction of sp³-hybridized carbons (Fsp3) is 0.562. The molecule has 2 atom stereocenters. The predicted molar refractivity (Wildman–Crippen MR) is 87.8 cm³/mol. The van der Waals surface area contributed by atoms with E-state index >= 15 is 0 Å². The van der Waals surface area contributed by atoms with Crippen molar-refractivity contribution in [1.29, 1.82) is 0 Å². The number of benzene rings is 1. The number of alkyl carbamates (subject to hydrolysis) is 1. The number of methoxy groups -OCH3 is 1. The lowest BCUT2D eigenvalue weighted by Gasteiger charge is -2.22. The number of hydrogen-bond donors (Lipinski definition) is 3. The molecule has 0 saturated carbocycles. The van der Waals surface area contributed by atoms with Crippen molar-refractivity contribution >= 4 is 17.7 Å². The van der Waals surface area contributed by atoms with Gasteiger partial charge in [0.2, 0.25) is 0 Å². The van der Waals surface area contributed by atoms with Crippen LogP contribution in [0.15, 0.2) is 18.2 Å². The highest BCUT2D eigenvalue weighted by Crippen LogP contribution is 2.30. The maximum atomic E-state index is 11.5. The lowest BCUT2D eigenvalue weighted by Crippen LogP contribution is -2.34. The zero-order valence-electron chi connectivity index (χ0n) is 13.8. The molecule has 0 bridgehead atoms. The number of aliphatic hydroxyl groups is 2. The number of hydrogen-bond acceptors (Lipinski definition) is 5. The van der Waals surface area contributed by atoms with Crippen LogP contribution in [-0.2, 0) is 4.74 Å². The highest BCUT2D eigenvalue weighted by Gasteiger charge is 2.22. The van der Waals surface area contributed by atoms with Crippen molar-refractivity contribution in [3.05, 3.63) is 28.8 Å². The summed E-state index contributed by atoms with van der Waals surface area (Å²) in [6, 6.07) is 4.76. The summed E-state index contributed by atoms with van der Waals surface area (Å²) < 4.78 is 10.2. The summed E-state index contributed by atoms with van der Waals surface area (Å²) in [4.78, 5) is 11.5. The van der Waals surface area contributed by atoms with Gasteiger partial charge in [0.05, 0.1) is 13.2 Å². The molecule has 2 unspecified atom stereocenters. The molecule has 23 heavy (non-hydrogen) atoms. The van der Waals surface area contributed by atoms with Crippen molar-refractivity contribution in [1.82, 2.24) is 5.32 Å². The Kier molecular flexibility index (Phi) is 7.12. The topological polar surface area (TPSA) is 88.0 Å². The second kappa shape index (κ2) is 8.38. The SMILES string of the molecule is COc1cc(Cl)ccc1C(O)C(O)CCNC(=O)OC(C)(C)C. The third kappa shape index (κ3) is 6.64. The molecule has 3 N–H and O–H groups in total. The van der Waals surface area contributed by atoms with Gasteiger partial charge in [0.15, 0.2) is 0 Å². The van der Waals surface area contributed by atoms with Gasteiger partial charge in [0.1, 0.15) is 17.5 Å². The Morgan fingerprint density at radius 1 is 1.35 bits per heavy atom. The first-order chi connectivity index (χ1) is 10.6. The average Bonchev–Trinajstić information content (AvgIpc) is 2.44. The molecule has 0 radical (unpaired) electrons. The van der Waals surface area contributed by atoms with Gasteiger partial charge in [-0.15, -0.1) is 0 Å². The van der Waals surface area contributed by atoms with Gasteiger partial charge in [-0.05, 0) is 39.3 Å². The lowest BCUT2D eigenvalue weighted by atomic mass is 10.0. The van der Waals surface area contributed by atoms with Crippen LogP contribution in [0.25, 0.3) is 0 Å². The zero-order chi connectivity index (χ0) is 17.6. The summed E-state index contributed by atoms with van der Waals surface area (Å²) in [5.41, 5.74) is -0.152. The van der Waals surface area contributed by atoms with E-state index in [-0.39, 0.29) is 13.0 Å². The Morgan fingerprint density at radius 3 is 2.57 bits per heavy atom. The summed E-state index contributed by atoms with van der Waals surface area (Å²) >= 11 is 5.87. The Bertz CT molecular complexity index is 530. The molecule has 0 aliphatic heterocycles. The number of aliphatic hydroxyl groups excluding tert-OH is 2. The van der Waals surface area contributed by atoms with E-state index in [2.05, 4.69) is 5.32 Å². The standard InChI is InChI=1S/C16H24ClNO5/c1-16(2,3)23-15(21)18-8-7-12(19)14(20)11-6-5-10(17)9-13(11)22-4/h5-6,9,12,14,19-20H,7-8H2,1-4H3,(H,18,21). The van der Waals surface area contributed by atoms with Gasteiger partial charge in [-0.1, -0.05) is 17.7 Å². The van der Waals surface area contributed by atoms with Gasteiger partial charge in [0.25, 0.3) is 0 Å². The zero-order valence-corrected chi connectivity index (χ0v) is 14.6. The first-order valence-electron chi connectivity index (χ1n) is 7.30. The number of carbonyl (C=O) groups is 1. The van der Waals surface area contributed by atoms with E-state index in [1.54, 1.807) is 39.0 Å².